The number of benzene rings is 2. The van der Waals surface area contributed by atoms with Gasteiger partial charge in [0.1, 0.15) is 0 Å². The van der Waals surface area contributed by atoms with Crippen LogP contribution in [0, 0.1) is 0 Å². The van der Waals surface area contributed by atoms with Gasteiger partial charge in [-0.2, -0.15) is 0 Å². The van der Waals surface area contributed by atoms with Crippen LogP contribution in [-0.2, 0) is 22.5 Å². The van der Waals surface area contributed by atoms with Crippen molar-refractivity contribution in [1.29, 1.82) is 0 Å². The number of carbonyl (C=O) groups excluding carboxylic acids is 2. The summed E-state index contributed by atoms with van der Waals surface area (Å²) in [5, 5.41) is 6.29. The maximum absolute atomic E-state index is 12.9. The molecule has 0 radical (unpaired) electrons. The molecule has 2 aliphatic rings. The van der Waals surface area contributed by atoms with Crippen LogP contribution in [0.3, 0.4) is 0 Å². The lowest BCUT2D eigenvalue weighted by atomic mass is 9.94. The Balaban J connectivity index is 1.67. The Morgan fingerprint density at radius 2 is 1.90 bits per heavy atom. The highest BCUT2D eigenvalue weighted by molar-refractivity contribution is 6.30. The Morgan fingerprint density at radius 3 is 2.63 bits per heavy atom. The molecule has 2 aliphatic heterocycles. The van der Waals surface area contributed by atoms with Crippen molar-refractivity contribution in [1.82, 2.24) is 15.5 Å². The van der Waals surface area contributed by atoms with Crippen molar-refractivity contribution in [2.45, 2.75) is 25.9 Å². The number of rotatable bonds is 5. The van der Waals surface area contributed by atoms with Crippen molar-refractivity contribution in [3.8, 4) is 0 Å². The smallest absolute Gasteiger partial charge is 0.338 e. The molecule has 0 aromatic heterocycles. The number of ether oxygens (including phenoxy) is 1. The molecule has 156 valence electrons. The Kier molecular flexibility index (Phi) is 6.06. The van der Waals surface area contributed by atoms with Gasteiger partial charge >= 0.3 is 12.0 Å². The average molecular weight is 426 g/mol. The van der Waals surface area contributed by atoms with Crippen LogP contribution in [0.15, 0.2) is 59.8 Å². The fraction of sp³-hybridized carbons (Fsp3) is 0.304. The van der Waals surface area contributed by atoms with Gasteiger partial charge in [0.25, 0.3) is 0 Å². The Labute approximate surface area is 180 Å². The first-order valence-electron chi connectivity index (χ1n) is 10.1. The zero-order chi connectivity index (χ0) is 21.1. The highest BCUT2D eigenvalue weighted by atomic mass is 35.5. The van der Waals surface area contributed by atoms with E-state index in [1.807, 2.05) is 18.2 Å². The molecular weight excluding hydrogens is 402 g/mol. The monoisotopic (exact) mass is 425 g/mol. The number of hydrogen-bond acceptors (Lipinski definition) is 4. The van der Waals surface area contributed by atoms with E-state index >= 15 is 0 Å². The highest BCUT2D eigenvalue weighted by Gasteiger charge is 2.34. The quantitative estimate of drug-likeness (QED) is 0.718. The van der Waals surface area contributed by atoms with Crippen LogP contribution >= 0.6 is 11.6 Å². The molecule has 2 aromatic carbocycles. The van der Waals surface area contributed by atoms with Gasteiger partial charge in [0.05, 0.1) is 18.2 Å². The first-order valence-corrected chi connectivity index (χ1v) is 10.4. The van der Waals surface area contributed by atoms with Gasteiger partial charge in [0.2, 0.25) is 0 Å². The molecule has 2 N–H and O–H groups in total. The van der Waals surface area contributed by atoms with Crippen LogP contribution in [0.5, 0.6) is 0 Å². The summed E-state index contributed by atoms with van der Waals surface area (Å²) in [6.07, 6.45) is 0.936. The molecule has 0 spiro atoms. The van der Waals surface area contributed by atoms with Gasteiger partial charge in [-0.15, -0.1) is 0 Å². The third-order valence-electron chi connectivity index (χ3n) is 5.44. The van der Waals surface area contributed by atoms with E-state index in [0.717, 1.165) is 25.1 Å². The van der Waals surface area contributed by atoms with Gasteiger partial charge in [-0.05, 0) is 42.2 Å². The summed E-state index contributed by atoms with van der Waals surface area (Å²) in [6.45, 7) is 4.11. The number of nitrogens with zero attached hydrogens (tertiary/aromatic N) is 1. The standard InChI is InChI=1S/C23H24ClN3O3/c1-2-30-22(28)20-19(14-27-12-11-15-5-3-4-6-17(15)13-27)25-23(29)26-21(20)16-7-9-18(24)10-8-16/h3-10,21H,2,11-14H2,1H3,(H2,25,26,29)/t21-/m1/s1. The molecule has 2 aromatic rings. The second-order valence-corrected chi connectivity index (χ2v) is 7.86. The van der Waals surface area contributed by atoms with Crippen LogP contribution in [0.25, 0.3) is 0 Å². The van der Waals surface area contributed by atoms with E-state index in [9.17, 15) is 9.59 Å². The van der Waals surface area contributed by atoms with Crippen molar-refractivity contribution in [2.24, 2.45) is 0 Å². The van der Waals surface area contributed by atoms with Crippen molar-refractivity contribution >= 4 is 23.6 Å². The molecule has 2 heterocycles. The summed E-state index contributed by atoms with van der Waals surface area (Å²) in [5.41, 5.74) is 4.41. The molecule has 7 heteroatoms. The summed E-state index contributed by atoms with van der Waals surface area (Å²) in [4.78, 5) is 27.6. The molecule has 0 saturated carbocycles. The van der Waals surface area contributed by atoms with E-state index in [-0.39, 0.29) is 12.6 Å². The van der Waals surface area contributed by atoms with E-state index in [0.29, 0.717) is 22.8 Å². The lowest BCUT2D eigenvalue weighted by Crippen LogP contribution is -2.49. The zero-order valence-electron chi connectivity index (χ0n) is 16.8. The minimum absolute atomic E-state index is 0.258. The number of esters is 1. The second-order valence-electron chi connectivity index (χ2n) is 7.43. The fourth-order valence-corrected chi connectivity index (χ4v) is 4.14. The lowest BCUT2D eigenvalue weighted by Gasteiger charge is -2.34. The molecule has 6 nitrogen and oxygen atoms in total. The van der Waals surface area contributed by atoms with Crippen LogP contribution < -0.4 is 10.6 Å². The van der Waals surface area contributed by atoms with Gasteiger partial charge in [-0.1, -0.05) is 48.0 Å². The lowest BCUT2D eigenvalue weighted by molar-refractivity contribution is -0.139. The van der Waals surface area contributed by atoms with Gasteiger partial charge in [-0.3, -0.25) is 4.90 Å². The summed E-state index contributed by atoms with van der Waals surface area (Å²) >= 11 is 6.02. The van der Waals surface area contributed by atoms with Crippen LogP contribution in [0.1, 0.15) is 29.7 Å². The summed E-state index contributed by atoms with van der Waals surface area (Å²) in [5.74, 6) is -0.433. The normalized spacial score (nSPS) is 19.0. The largest absolute Gasteiger partial charge is 0.463 e. The molecule has 0 aliphatic carbocycles. The number of halogens is 1. The van der Waals surface area contributed by atoms with E-state index in [1.54, 1.807) is 19.1 Å². The van der Waals surface area contributed by atoms with Crippen molar-refractivity contribution in [2.75, 3.05) is 19.7 Å². The molecule has 0 bridgehead atoms. The summed E-state index contributed by atoms with van der Waals surface area (Å²) in [6, 6.07) is 14.5. The first kappa shape index (κ1) is 20.4. The molecule has 0 fully saturated rings. The predicted molar refractivity (Wildman–Crippen MR) is 115 cm³/mol. The van der Waals surface area contributed by atoms with Crippen molar-refractivity contribution < 1.29 is 14.3 Å². The van der Waals surface area contributed by atoms with Crippen molar-refractivity contribution in [3.05, 3.63) is 81.5 Å². The number of urea groups is 1. The van der Waals surface area contributed by atoms with Gasteiger partial charge in [0.15, 0.2) is 0 Å². The maximum atomic E-state index is 12.9. The Bertz CT molecular complexity index is 987. The number of hydrogen-bond donors (Lipinski definition) is 2. The summed E-state index contributed by atoms with van der Waals surface area (Å²) < 4.78 is 5.34. The van der Waals surface area contributed by atoms with Crippen molar-refractivity contribution in [3.63, 3.8) is 0 Å². The Morgan fingerprint density at radius 1 is 1.17 bits per heavy atom. The molecule has 0 saturated heterocycles. The van der Waals surface area contributed by atoms with E-state index in [1.165, 1.54) is 11.1 Å². The summed E-state index contributed by atoms with van der Waals surface area (Å²) in [7, 11) is 0. The van der Waals surface area contributed by atoms with E-state index in [2.05, 4.69) is 33.7 Å². The molecule has 2 amide bonds. The third kappa shape index (κ3) is 4.35. The number of amides is 2. The number of carbonyl (C=O) groups is 2. The number of fused-ring (bicyclic) bond motifs is 1. The van der Waals surface area contributed by atoms with E-state index in [4.69, 9.17) is 16.3 Å². The fourth-order valence-electron chi connectivity index (χ4n) is 4.01. The van der Waals surface area contributed by atoms with E-state index < -0.39 is 12.0 Å². The van der Waals surface area contributed by atoms with Crippen LogP contribution in [-0.4, -0.2) is 36.6 Å². The highest BCUT2D eigenvalue weighted by Crippen LogP contribution is 2.30. The predicted octanol–water partition coefficient (Wildman–Crippen LogP) is 3.57. The van der Waals surface area contributed by atoms with Gasteiger partial charge in [-0.25, -0.2) is 9.59 Å². The molecule has 30 heavy (non-hydrogen) atoms. The minimum Gasteiger partial charge on any atom is -0.463 e. The second kappa shape index (κ2) is 8.90. The first-order chi connectivity index (χ1) is 14.5. The third-order valence-corrected chi connectivity index (χ3v) is 5.70. The zero-order valence-corrected chi connectivity index (χ0v) is 17.5. The Hall–Kier alpha value is -2.83. The van der Waals surface area contributed by atoms with Crippen LogP contribution in [0.2, 0.25) is 5.02 Å². The molecule has 1 atom stereocenters. The molecule has 0 unspecified atom stereocenters. The van der Waals surface area contributed by atoms with Crippen LogP contribution in [0.4, 0.5) is 4.79 Å². The SMILES string of the molecule is CCOC(=O)C1=C(CN2CCc3ccccc3C2)NC(=O)N[C@@H]1c1ccc(Cl)cc1. The topological polar surface area (TPSA) is 70.7 Å². The molecular formula is C23H24ClN3O3. The minimum atomic E-state index is -0.595. The average Bonchev–Trinajstić information content (AvgIpc) is 2.74. The van der Waals surface area contributed by atoms with Gasteiger partial charge < -0.3 is 15.4 Å². The number of nitrogens with one attached hydrogen (secondary N) is 2. The molecule has 4 rings (SSSR count). The maximum Gasteiger partial charge on any atom is 0.338 e. The van der Waals surface area contributed by atoms with Gasteiger partial charge in [0, 0.05) is 30.4 Å².